The van der Waals surface area contributed by atoms with E-state index in [-0.39, 0.29) is 11.5 Å². The van der Waals surface area contributed by atoms with Crippen molar-refractivity contribution in [1.82, 2.24) is 25.1 Å². The normalized spacial score (nSPS) is 11.2. The Balaban J connectivity index is 1.48. The number of aryl methyl sites for hydroxylation is 1. The lowest BCUT2D eigenvalue weighted by Crippen LogP contribution is -2.25. The summed E-state index contributed by atoms with van der Waals surface area (Å²) in [5, 5.41) is 10.7. The first-order chi connectivity index (χ1) is 15.6. The SMILES string of the molecule is Cc1ccc(-c2n[nH]n3c2nc(=O)c2ccc(C(=O)NCCc4ccccc4)cc23)cc1. The minimum absolute atomic E-state index is 0.195. The van der Waals surface area contributed by atoms with Crippen LogP contribution in [0.15, 0.2) is 77.6 Å². The summed E-state index contributed by atoms with van der Waals surface area (Å²) in [5.74, 6) is -0.195. The Kier molecular flexibility index (Phi) is 4.99. The van der Waals surface area contributed by atoms with Crippen molar-refractivity contribution >= 4 is 22.5 Å². The van der Waals surface area contributed by atoms with Crippen LogP contribution in [0, 0.1) is 6.92 Å². The molecule has 32 heavy (non-hydrogen) atoms. The number of carbonyl (C=O) groups is 1. The highest BCUT2D eigenvalue weighted by Gasteiger charge is 2.15. The molecule has 5 rings (SSSR count). The van der Waals surface area contributed by atoms with Gasteiger partial charge in [-0.2, -0.15) is 10.1 Å². The van der Waals surface area contributed by atoms with Crippen LogP contribution < -0.4 is 10.9 Å². The van der Waals surface area contributed by atoms with Crippen LogP contribution in [0.1, 0.15) is 21.5 Å². The third-order valence-electron chi connectivity index (χ3n) is 5.49. The summed E-state index contributed by atoms with van der Waals surface area (Å²) in [4.78, 5) is 29.6. The van der Waals surface area contributed by atoms with Crippen molar-refractivity contribution in [1.29, 1.82) is 0 Å². The van der Waals surface area contributed by atoms with Gasteiger partial charge in [-0.05, 0) is 37.1 Å². The third-order valence-corrected chi connectivity index (χ3v) is 5.49. The first kappa shape index (κ1) is 19.7. The van der Waals surface area contributed by atoms with Gasteiger partial charge < -0.3 is 5.32 Å². The molecule has 2 N–H and O–H groups in total. The van der Waals surface area contributed by atoms with Gasteiger partial charge in [0.15, 0.2) is 5.65 Å². The Morgan fingerprint density at radius 1 is 1.03 bits per heavy atom. The van der Waals surface area contributed by atoms with Crippen molar-refractivity contribution in [2.75, 3.05) is 6.54 Å². The van der Waals surface area contributed by atoms with Gasteiger partial charge in [-0.1, -0.05) is 60.2 Å². The van der Waals surface area contributed by atoms with Crippen LogP contribution in [-0.2, 0) is 6.42 Å². The lowest BCUT2D eigenvalue weighted by atomic mass is 10.1. The van der Waals surface area contributed by atoms with Crippen molar-refractivity contribution < 1.29 is 4.79 Å². The number of rotatable bonds is 5. The molecule has 2 aromatic heterocycles. The zero-order chi connectivity index (χ0) is 22.1. The minimum atomic E-state index is -0.356. The Bertz CT molecular complexity index is 1480. The number of aromatic nitrogens is 4. The summed E-state index contributed by atoms with van der Waals surface area (Å²) in [6.45, 7) is 2.53. The fourth-order valence-corrected chi connectivity index (χ4v) is 3.74. The number of H-pyrrole nitrogens is 1. The smallest absolute Gasteiger partial charge is 0.281 e. The molecular formula is C25H21N5O2. The number of hydrogen-bond acceptors (Lipinski definition) is 4. The highest BCUT2D eigenvalue weighted by Crippen LogP contribution is 2.23. The summed E-state index contributed by atoms with van der Waals surface area (Å²) in [7, 11) is 0. The van der Waals surface area contributed by atoms with E-state index in [9.17, 15) is 9.59 Å². The van der Waals surface area contributed by atoms with E-state index in [4.69, 9.17) is 0 Å². The predicted octanol–water partition coefficient (Wildman–Crippen LogP) is 3.52. The summed E-state index contributed by atoms with van der Waals surface area (Å²) in [6, 6.07) is 22.8. The number of fused-ring (bicyclic) bond motifs is 3. The average Bonchev–Trinajstić information content (AvgIpc) is 3.24. The molecule has 5 aromatic rings. The highest BCUT2D eigenvalue weighted by molar-refractivity contribution is 5.98. The van der Waals surface area contributed by atoms with Gasteiger partial charge in [-0.3, -0.25) is 9.59 Å². The second-order valence-corrected chi connectivity index (χ2v) is 7.73. The van der Waals surface area contributed by atoms with Crippen molar-refractivity contribution in [3.8, 4) is 11.3 Å². The largest absolute Gasteiger partial charge is 0.352 e. The Morgan fingerprint density at radius 3 is 2.59 bits per heavy atom. The van der Waals surface area contributed by atoms with Gasteiger partial charge in [-0.15, -0.1) is 0 Å². The average molecular weight is 423 g/mol. The van der Waals surface area contributed by atoms with Crippen LogP contribution in [0.4, 0.5) is 0 Å². The van der Waals surface area contributed by atoms with Crippen LogP contribution in [0.2, 0.25) is 0 Å². The lowest BCUT2D eigenvalue weighted by molar-refractivity contribution is 0.0954. The molecule has 2 heterocycles. The van der Waals surface area contributed by atoms with Crippen molar-refractivity contribution in [2.24, 2.45) is 0 Å². The standard InChI is InChI=1S/C25H21N5O2/c1-16-7-9-18(10-8-16)22-23-27-25(32)20-12-11-19(15-21(20)30(23)29-28-22)24(31)26-14-13-17-5-3-2-4-6-17/h2-12,15,29H,13-14H2,1H3,(H,26,31). The molecule has 0 unspecified atom stereocenters. The van der Waals surface area contributed by atoms with Gasteiger partial charge in [-0.25, -0.2) is 9.73 Å². The maximum atomic E-state index is 12.7. The number of hydrogen-bond donors (Lipinski definition) is 2. The Morgan fingerprint density at radius 2 is 1.81 bits per heavy atom. The van der Waals surface area contributed by atoms with Crippen LogP contribution >= 0.6 is 0 Å². The first-order valence-corrected chi connectivity index (χ1v) is 10.4. The van der Waals surface area contributed by atoms with Gasteiger partial charge in [0, 0.05) is 17.7 Å². The summed E-state index contributed by atoms with van der Waals surface area (Å²) in [6.07, 6.45) is 0.744. The molecule has 7 nitrogen and oxygen atoms in total. The zero-order valence-electron chi connectivity index (χ0n) is 17.5. The van der Waals surface area contributed by atoms with E-state index in [1.54, 1.807) is 22.7 Å². The van der Waals surface area contributed by atoms with Gasteiger partial charge >= 0.3 is 0 Å². The van der Waals surface area contributed by atoms with Crippen LogP contribution in [0.25, 0.3) is 27.8 Å². The molecule has 0 atom stereocenters. The highest BCUT2D eigenvalue weighted by atomic mass is 16.1. The fourth-order valence-electron chi connectivity index (χ4n) is 3.74. The van der Waals surface area contributed by atoms with Crippen LogP contribution in [0.5, 0.6) is 0 Å². The molecule has 158 valence electrons. The fraction of sp³-hybridized carbons (Fsp3) is 0.120. The van der Waals surface area contributed by atoms with E-state index in [2.05, 4.69) is 20.6 Å². The predicted molar refractivity (Wildman–Crippen MR) is 124 cm³/mol. The molecule has 0 fully saturated rings. The summed E-state index contributed by atoms with van der Waals surface area (Å²) >= 11 is 0. The van der Waals surface area contributed by atoms with Crippen LogP contribution in [0.3, 0.4) is 0 Å². The third kappa shape index (κ3) is 3.65. The topological polar surface area (TPSA) is 92.2 Å². The second-order valence-electron chi connectivity index (χ2n) is 7.73. The molecule has 0 aliphatic rings. The molecule has 3 aromatic carbocycles. The van der Waals surface area contributed by atoms with Crippen LogP contribution in [-0.4, -0.2) is 32.3 Å². The Labute approximate surface area is 183 Å². The maximum Gasteiger partial charge on any atom is 0.281 e. The molecule has 0 spiro atoms. The van der Waals surface area contributed by atoms with Crippen molar-refractivity contribution in [3.05, 3.63) is 99.8 Å². The monoisotopic (exact) mass is 423 g/mol. The minimum Gasteiger partial charge on any atom is -0.352 e. The quantitative estimate of drug-likeness (QED) is 0.452. The number of carbonyl (C=O) groups excluding carboxylic acids is 1. The Hall–Kier alpha value is -4.26. The van der Waals surface area contributed by atoms with Crippen molar-refractivity contribution in [2.45, 2.75) is 13.3 Å². The number of nitrogens with one attached hydrogen (secondary N) is 2. The van der Waals surface area contributed by atoms with Crippen molar-refractivity contribution in [3.63, 3.8) is 0 Å². The number of amides is 1. The second kappa shape index (κ2) is 8.11. The first-order valence-electron chi connectivity index (χ1n) is 10.4. The molecule has 0 saturated carbocycles. The molecule has 7 heteroatoms. The number of benzene rings is 3. The summed E-state index contributed by atoms with van der Waals surface area (Å²) in [5.41, 5.74) is 4.83. The molecule has 0 radical (unpaired) electrons. The molecule has 1 amide bonds. The molecule has 0 saturated heterocycles. The van der Waals surface area contributed by atoms with E-state index in [0.717, 1.165) is 23.1 Å². The lowest BCUT2D eigenvalue weighted by Gasteiger charge is -2.07. The zero-order valence-corrected chi connectivity index (χ0v) is 17.5. The van der Waals surface area contributed by atoms with E-state index >= 15 is 0 Å². The molecular weight excluding hydrogens is 402 g/mol. The maximum absolute atomic E-state index is 12.7. The van der Waals surface area contributed by atoms with E-state index < -0.39 is 0 Å². The van der Waals surface area contributed by atoms with E-state index in [1.807, 2.05) is 61.5 Å². The molecule has 0 bridgehead atoms. The van der Waals surface area contributed by atoms with Gasteiger partial charge in [0.25, 0.3) is 11.5 Å². The van der Waals surface area contributed by atoms with Gasteiger partial charge in [0.05, 0.1) is 10.9 Å². The van der Waals surface area contributed by atoms with Gasteiger partial charge in [0.1, 0.15) is 5.69 Å². The molecule has 0 aliphatic heterocycles. The number of nitrogens with zero attached hydrogens (tertiary/aromatic N) is 3. The molecule has 0 aliphatic carbocycles. The van der Waals surface area contributed by atoms with E-state index in [1.165, 1.54) is 0 Å². The van der Waals surface area contributed by atoms with Gasteiger partial charge in [0.2, 0.25) is 0 Å². The number of aromatic amines is 1. The summed E-state index contributed by atoms with van der Waals surface area (Å²) < 4.78 is 1.65. The van der Waals surface area contributed by atoms with E-state index in [0.29, 0.717) is 34.4 Å².